The van der Waals surface area contributed by atoms with Gasteiger partial charge in [-0.15, -0.1) is 0 Å². The van der Waals surface area contributed by atoms with Gasteiger partial charge in [-0.1, -0.05) is 37.3 Å². The monoisotopic (exact) mass is 335 g/mol. The Kier molecular flexibility index (Phi) is 3.86. The summed E-state index contributed by atoms with van der Waals surface area (Å²) < 4.78 is 38.8. The molecule has 24 heavy (non-hydrogen) atoms. The van der Waals surface area contributed by atoms with Crippen LogP contribution >= 0.6 is 0 Å². The maximum absolute atomic E-state index is 12.9. The Morgan fingerprint density at radius 3 is 2.33 bits per heavy atom. The van der Waals surface area contributed by atoms with Crippen LogP contribution in [0.4, 0.5) is 13.2 Å². The van der Waals surface area contributed by atoms with E-state index in [0.717, 1.165) is 17.8 Å². The predicted octanol–water partition coefficient (Wildman–Crippen LogP) is 4.46. The van der Waals surface area contributed by atoms with Crippen LogP contribution in [0.2, 0.25) is 0 Å². The molecule has 126 valence electrons. The molecular weight excluding hydrogens is 319 g/mol. The molecule has 0 bridgehead atoms. The Morgan fingerprint density at radius 2 is 1.79 bits per heavy atom. The molecule has 3 unspecified atom stereocenters. The van der Waals surface area contributed by atoms with Crippen molar-refractivity contribution < 1.29 is 23.1 Å². The number of carbonyl (C=O) groups is 1. The summed E-state index contributed by atoms with van der Waals surface area (Å²) in [7, 11) is 0. The third-order valence-corrected chi connectivity index (χ3v) is 4.91. The van der Waals surface area contributed by atoms with Crippen LogP contribution in [0, 0.1) is 5.41 Å². The van der Waals surface area contributed by atoms with Gasteiger partial charge in [0.25, 0.3) is 0 Å². The van der Waals surface area contributed by atoms with Crippen LogP contribution in [0.25, 0.3) is 0 Å². The third-order valence-electron chi connectivity index (χ3n) is 4.91. The Morgan fingerprint density at radius 1 is 1.17 bits per heavy atom. The second kappa shape index (κ2) is 5.61. The molecule has 1 heterocycles. The molecule has 3 atom stereocenters. The number of alkyl halides is 3. The van der Waals surface area contributed by atoms with Crippen molar-refractivity contribution in [1.29, 1.82) is 0 Å². The first-order chi connectivity index (χ1) is 11.3. The molecule has 0 radical (unpaired) electrons. The van der Waals surface area contributed by atoms with E-state index in [0.29, 0.717) is 12.0 Å². The zero-order valence-electron chi connectivity index (χ0n) is 12.9. The fourth-order valence-electron chi connectivity index (χ4n) is 3.73. The van der Waals surface area contributed by atoms with Crippen LogP contribution < -0.4 is 0 Å². The van der Waals surface area contributed by atoms with Gasteiger partial charge in [0.2, 0.25) is 0 Å². The van der Waals surface area contributed by atoms with Gasteiger partial charge in [-0.3, -0.25) is 9.78 Å². The predicted molar refractivity (Wildman–Crippen MR) is 81.5 cm³/mol. The molecule has 6 heteroatoms. The van der Waals surface area contributed by atoms with E-state index in [1.165, 1.54) is 6.07 Å². The van der Waals surface area contributed by atoms with E-state index in [-0.39, 0.29) is 5.92 Å². The van der Waals surface area contributed by atoms with Crippen molar-refractivity contribution in [1.82, 2.24) is 4.98 Å². The zero-order chi connectivity index (χ0) is 17.5. The highest BCUT2D eigenvalue weighted by molar-refractivity contribution is 5.84. The molecule has 1 aromatic carbocycles. The summed E-state index contributed by atoms with van der Waals surface area (Å²) in [5.41, 5.74) is -0.868. The van der Waals surface area contributed by atoms with Crippen molar-refractivity contribution in [2.24, 2.45) is 5.41 Å². The van der Waals surface area contributed by atoms with E-state index in [1.807, 2.05) is 18.2 Å². The number of carboxylic acid groups (broad SMARTS) is 1. The van der Waals surface area contributed by atoms with E-state index < -0.39 is 29.2 Å². The molecule has 0 spiro atoms. The summed E-state index contributed by atoms with van der Waals surface area (Å²) in [5, 5.41) is 9.76. The fourth-order valence-corrected chi connectivity index (χ4v) is 3.73. The average Bonchev–Trinajstić information content (AvgIpc) is 3.25. The second-order valence-corrected chi connectivity index (χ2v) is 6.04. The van der Waals surface area contributed by atoms with Crippen molar-refractivity contribution in [2.75, 3.05) is 0 Å². The molecule has 3 rings (SSSR count). The molecule has 0 amide bonds. The van der Waals surface area contributed by atoms with Gasteiger partial charge in [-0.05, 0) is 29.7 Å². The Balaban J connectivity index is 2.07. The molecular formula is C18H16F3NO2. The summed E-state index contributed by atoms with van der Waals surface area (Å²) >= 11 is 0. The average molecular weight is 335 g/mol. The summed E-state index contributed by atoms with van der Waals surface area (Å²) in [4.78, 5) is 15.3. The first-order valence-corrected chi connectivity index (χ1v) is 7.64. The molecule has 3 nitrogen and oxygen atoms in total. The van der Waals surface area contributed by atoms with Gasteiger partial charge < -0.3 is 5.11 Å². The Bertz CT molecular complexity index is 760. The van der Waals surface area contributed by atoms with Crippen molar-refractivity contribution in [3.05, 3.63) is 65.5 Å². The van der Waals surface area contributed by atoms with Gasteiger partial charge in [0.15, 0.2) is 0 Å². The number of benzene rings is 1. The lowest BCUT2D eigenvalue weighted by molar-refractivity contribution is -0.144. The summed E-state index contributed by atoms with van der Waals surface area (Å²) in [6.07, 6.45) is -3.11. The maximum atomic E-state index is 12.9. The summed E-state index contributed by atoms with van der Waals surface area (Å²) in [6, 6.07) is 11.5. The van der Waals surface area contributed by atoms with E-state index >= 15 is 0 Å². The third kappa shape index (κ3) is 2.46. The lowest BCUT2D eigenvalue weighted by Crippen LogP contribution is -2.18. The van der Waals surface area contributed by atoms with Gasteiger partial charge in [-0.2, -0.15) is 13.2 Å². The highest BCUT2D eigenvalue weighted by Crippen LogP contribution is 2.72. The van der Waals surface area contributed by atoms with Gasteiger partial charge in [0, 0.05) is 18.0 Å². The first kappa shape index (κ1) is 16.5. The lowest BCUT2D eigenvalue weighted by atomic mass is 9.94. The quantitative estimate of drug-likeness (QED) is 0.897. The number of carboxylic acids is 1. The molecule has 1 aromatic heterocycles. The molecule has 2 aromatic rings. The van der Waals surface area contributed by atoms with Crippen molar-refractivity contribution >= 4 is 5.97 Å². The zero-order valence-corrected chi connectivity index (χ0v) is 12.9. The highest BCUT2D eigenvalue weighted by atomic mass is 19.4. The molecule has 1 saturated carbocycles. The number of rotatable bonds is 4. The van der Waals surface area contributed by atoms with E-state index in [1.54, 1.807) is 19.1 Å². The van der Waals surface area contributed by atoms with Crippen LogP contribution in [0.3, 0.4) is 0 Å². The van der Waals surface area contributed by atoms with Crippen molar-refractivity contribution in [3.8, 4) is 0 Å². The van der Waals surface area contributed by atoms with Crippen LogP contribution in [0.15, 0.2) is 48.7 Å². The smallest absolute Gasteiger partial charge is 0.433 e. The SMILES string of the molecule is CCC1(C(=O)O)C(c2ccccc2)C1c1ccnc(C(F)(F)F)c1. The van der Waals surface area contributed by atoms with Crippen LogP contribution in [0.1, 0.15) is 42.0 Å². The minimum Gasteiger partial charge on any atom is -0.481 e. The normalized spacial score (nSPS) is 26.2. The van der Waals surface area contributed by atoms with Gasteiger partial charge >= 0.3 is 12.1 Å². The summed E-state index contributed by atoms with van der Waals surface area (Å²) in [5.74, 6) is -1.81. The number of aliphatic carboxylic acids is 1. The van der Waals surface area contributed by atoms with Crippen LogP contribution in [-0.4, -0.2) is 16.1 Å². The standard InChI is InChI=1S/C18H16F3NO2/c1-2-17(16(23)24)14(11-6-4-3-5-7-11)15(17)12-8-9-22-13(10-12)18(19,20)21/h3-10,14-15H,2H2,1H3,(H,23,24). The maximum Gasteiger partial charge on any atom is 0.433 e. The number of pyridine rings is 1. The topological polar surface area (TPSA) is 50.2 Å². The molecule has 1 aliphatic carbocycles. The number of nitrogens with zero attached hydrogens (tertiary/aromatic N) is 1. The molecule has 1 fully saturated rings. The number of hydrogen-bond donors (Lipinski definition) is 1. The highest BCUT2D eigenvalue weighted by Gasteiger charge is 2.69. The largest absolute Gasteiger partial charge is 0.481 e. The molecule has 0 aliphatic heterocycles. The minimum absolute atomic E-state index is 0.343. The van der Waals surface area contributed by atoms with E-state index in [4.69, 9.17) is 0 Å². The van der Waals surface area contributed by atoms with E-state index in [2.05, 4.69) is 4.98 Å². The van der Waals surface area contributed by atoms with Crippen LogP contribution in [0.5, 0.6) is 0 Å². The minimum atomic E-state index is -4.55. The second-order valence-electron chi connectivity index (χ2n) is 6.04. The number of halogens is 3. The fraction of sp³-hybridized carbons (Fsp3) is 0.333. The molecule has 0 saturated heterocycles. The number of aromatic nitrogens is 1. The number of hydrogen-bond acceptors (Lipinski definition) is 2. The molecule has 1 aliphatic rings. The summed E-state index contributed by atoms with van der Waals surface area (Å²) in [6.45, 7) is 1.76. The van der Waals surface area contributed by atoms with E-state index in [9.17, 15) is 23.1 Å². The van der Waals surface area contributed by atoms with Crippen molar-refractivity contribution in [3.63, 3.8) is 0 Å². The first-order valence-electron chi connectivity index (χ1n) is 7.64. The van der Waals surface area contributed by atoms with Gasteiger partial charge in [0.1, 0.15) is 5.69 Å². The van der Waals surface area contributed by atoms with Gasteiger partial charge in [0.05, 0.1) is 5.41 Å². The van der Waals surface area contributed by atoms with Crippen molar-refractivity contribution in [2.45, 2.75) is 31.4 Å². The Labute approximate surface area is 137 Å². The Hall–Kier alpha value is -2.37. The van der Waals surface area contributed by atoms with Crippen LogP contribution in [-0.2, 0) is 11.0 Å². The van der Waals surface area contributed by atoms with Gasteiger partial charge in [-0.25, -0.2) is 0 Å². The lowest BCUT2D eigenvalue weighted by Gasteiger charge is -2.11. The molecule has 1 N–H and O–H groups in total.